The van der Waals surface area contributed by atoms with Gasteiger partial charge < -0.3 is 19.9 Å². The number of hydrogen-bond donors (Lipinski definition) is 2. The smallest absolute Gasteiger partial charge is 0.251 e. The van der Waals surface area contributed by atoms with Gasteiger partial charge in [0.25, 0.3) is 5.56 Å². The number of nitrogens with zero attached hydrogens (tertiary/aromatic N) is 3. The van der Waals surface area contributed by atoms with Crippen molar-refractivity contribution in [3.63, 3.8) is 0 Å². The SMILES string of the molecule is C[C@@H]1CN(CC(=O)N2CC(C)(C)c3[nH]c(=O)c(Cc4ccc(F)cc4)cc32)[C@@H](CN2[C@H](C)COC[C@H]2C)CN1. The third-order valence-electron chi connectivity index (χ3n) is 8.56. The molecule has 2 aromatic rings. The summed E-state index contributed by atoms with van der Waals surface area (Å²) in [4.78, 5) is 36.7. The highest BCUT2D eigenvalue weighted by Crippen LogP contribution is 2.39. The molecule has 0 unspecified atom stereocenters. The van der Waals surface area contributed by atoms with Crippen LogP contribution in [0.3, 0.4) is 0 Å². The van der Waals surface area contributed by atoms with Gasteiger partial charge in [0.05, 0.1) is 25.4 Å². The van der Waals surface area contributed by atoms with Crippen molar-refractivity contribution < 1.29 is 13.9 Å². The van der Waals surface area contributed by atoms with Crippen molar-refractivity contribution in [2.24, 2.45) is 0 Å². The third kappa shape index (κ3) is 5.96. The number of carbonyl (C=O) groups excluding carboxylic acids is 1. The Kier molecular flexibility index (Phi) is 7.97. The summed E-state index contributed by atoms with van der Waals surface area (Å²) < 4.78 is 19.1. The van der Waals surface area contributed by atoms with Crippen molar-refractivity contribution in [2.75, 3.05) is 50.8 Å². The van der Waals surface area contributed by atoms with Crippen LogP contribution < -0.4 is 15.8 Å². The highest BCUT2D eigenvalue weighted by Gasteiger charge is 2.41. The first-order valence-corrected chi connectivity index (χ1v) is 14.1. The fraction of sp³-hybridized carbons (Fsp3) is 0.600. The number of fused-ring (bicyclic) bond motifs is 1. The van der Waals surface area contributed by atoms with Gasteiger partial charge in [0.2, 0.25) is 5.91 Å². The minimum Gasteiger partial charge on any atom is -0.378 e. The topological polar surface area (TPSA) is 80.9 Å². The molecule has 0 bridgehead atoms. The molecule has 8 nitrogen and oxygen atoms in total. The molecule has 1 amide bonds. The van der Waals surface area contributed by atoms with Gasteiger partial charge in [-0.2, -0.15) is 0 Å². The first kappa shape index (κ1) is 28.0. The second-order valence-electron chi connectivity index (χ2n) is 12.4. The van der Waals surface area contributed by atoms with E-state index in [9.17, 15) is 14.0 Å². The summed E-state index contributed by atoms with van der Waals surface area (Å²) in [5.74, 6) is -0.262. The number of ether oxygens (including phenoxy) is 1. The molecule has 3 aliphatic rings. The molecule has 2 saturated heterocycles. The van der Waals surface area contributed by atoms with Crippen LogP contribution in [0.4, 0.5) is 10.1 Å². The summed E-state index contributed by atoms with van der Waals surface area (Å²) in [5, 5.41) is 3.61. The molecule has 4 atom stereocenters. The molecule has 0 aliphatic carbocycles. The summed E-state index contributed by atoms with van der Waals surface area (Å²) in [5.41, 5.74) is 2.46. The Bertz CT molecular complexity index is 1240. The van der Waals surface area contributed by atoms with Crippen LogP contribution in [-0.2, 0) is 21.4 Å². The number of anilines is 1. The van der Waals surface area contributed by atoms with Gasteiger partial charge in [-0.25, -0.2) is 4.39 Å². The maximum Gasteiger partial charge on any atom is 0.251 e. The number of benzene rings is 1. The summed E-state index contributed by atoms with van der Waals surface area (Å²) in [6, 6.07) is 9.24. The van der Waals surface area contributed by atoms with Gasteiger partial charge in [-0.05, 0) is 44.5 Å². The molecular weight excluding hydrogens is 497 g/mol. The Hall–Kier alpha value is -2.59. The van der Waals surface area contributed by atoms with E-state index in [2.05, 4.69) is 54.7 Å². The number of pyridine rings is 1. The van der Waals surface area contributed by atoms with E-state index in [0.717, 1.165) is 49.8 Å². The minimum absolute atomic E-state index is 0.0452. The highest BCUT2D eigenvalue weighted by molar-refractivity contribution is 5.97. The van der Waals surface area contributed by atoms with E-state index in [4.69, 9.17) is 4.74 Å². The van der Waals surface area contributed by atoms with Gasteiger partial charge in [-0.1, -0.05) is 26.0 Å². The Morgan fingerprint density at radius 2 is 1.82 bits per heavy atom. The van der Waals surface area contributed by atoms with E-state index in [0.29, 0.717) is 43.2 Å². The first-order chi connectivity index (χ1) is 18.5. The zero-order valence-corrected chi connectivity index (χ0v) is 23.8. The van der Waals surface area contributed by atoms with Crippen molar-refractivity contribution in [1.82, 2.24) is 20.1 Å². The molecule has 212 valence electrons. The number of rotatable bonds is 6. The standard InChI is InChI=1S/C30H42FN5O3/c1-19-13-34(25(12-32-19)14-35-20(2)16-39-17-21(35)3)15-27(37)36-18-30(4,5)28-26(36)11-23(29(38)33-28)10-22-6-8-24(31)9-7-22/h6-9,11,19-21,25,32H,10,12-18H2,1-5H3,(H,33,38)/t19-,20-,21-,25-/m1/s1. The van der Waals surface area contributed by atoms with Gasteiger partial charge in [-0.15, -0.1) is 0 Å². The van der Waals surface area contributed by atoms with Gasteiger partial charge >= 0.3 is 0 Å². The summed E-state index contributed by atoms with van der Waals surface area (Å²) >= 11 is 0. The highest BCUT2D eigenvalue weighted by atomic mass is 19.1. The Morgan fingerprint density at radius 3 is 2.51 bits per heavy atom. The normalized spacial score (nSPS) is 27.5. The van der Waals surface area contributed by atoms with Gasteiger partial charge in [0.1, 0.15) is 5.82 Å². The molecule has 4 heterocycles. The number of morpholine rings is 1. The van der Waals surface area contributed by atoms with Gasteiger partial charge in [0, 0.05) is 73.4 Å². The molecule has 0 radical (unpaired) electrons. The molecule has 5 rings (SSSR count). The van der Waals surface area contributed by atoms with Crippen LogP contribution in [0.5, 0.6) is 0 Å². The monoisotopic (exact) mass is 539 g/mol. The van der Waals surface area contributed by atoms with E-state index >= 15 is 0 Å². The number of carbonyl (C=O) groups is 1. The molecule has 2 N–H and O–H groups in total. The first-order valence-electron chi connectivity index (χ1n) is 14.1. The van der Waals surface area contributed by atoms with Crippen molar-refractivity contribution in [2.45, 2.75) is 70.6 Å². The van der Waals surface area contributed by atoms with E-state index in [1.165, 1.54) is 12.1 Å². The van der Waals surface area contributed by atoms with E-state index in [-0.39, 0.29) is 28.7 Å². The van der Waals surface area contributed by atoms with Gasteiger partial charge in [-0.3, -0.25) is 19.4 Å². The molecule has 1 aromatic heterocycles. The number of amides is 1. The minimum atomic E-state index is -0.368. The molecule has 0 saturated carbocycles. The number of nitrogens with one attached hydrogen (secondary N) is 2. The number of piperazine rings is 1. The Balaban J connectivity index is 1.36. The van der Waals surface area contributed by atoms with Crippen LogP contribution >= 0.6 is 0 Å². The lowest BCUT2D eigenvalue weighted by Crippen LogP contribution is -2.63. The number of H-pyrrole nitrogens is 1. The number of aromatic amines is 1. The Labute approximate surface area is 230 Å². The lowest BCUT2D eigenvalue weighted by Gasteiger charge is -2.46. The molecule has 1 aromatic carbocycles. The molecule has 9 heteroatoms. The summed E-state index contributed by atoms with van der Waals surface area (Å²) in [7, 11) is 0. The quantitative estimate of drug-likeness (QED) is 0.587. The van der Waals surface area contributed by atoms with Crippen LogP contribution in [-0.4, -0.2) is 90.8 Å². The van der Waals surface area contributed by atoms with Crippen LogP contribution in [0.15, 0.2) is 35.1 Å². The fourth-order valence-electron chi connectivity index (χ4n) is 6.33. The predicted molar refractivity (Wildman–Crippen MR) is 151 cm³/mol. The van der Waals surface area contributed by atoms with E-state index < -0.39 is 0 Å². The lowest BCUT2D eigenvalue weighted by molar-refractivity contribution is -0.121. The van der Waals surface area contributed by atoms with Gasteiger partial charge in [0.15, 0.2) is 0 Å². The molecule has 0 spiro atoms. The van der Waals surface area contributed by atoms with Crippen LogP contribution in [0, 0.1) is 5.82 Å². The van der Waals surface area contributed by atoms with Crippen LogP contribution in [0.1, 0.15) is 51.4 Å². The predicted octanol–water partition coefficient (Wildman–Crippen LogP) is 2.50. The molecule has 39 heavy (non-hydrogen) atoms. The van der Waals surface area contributed by atoms with E-state index in [1.807, 2.05) is 11.0 Å². The fourth-order valence-corrected chi connectivity index (χ4v) is 6.33. The summed E-state index contributed by atoms with van der Waals surface area (Å²) in [6.07, 6.45) is 0.374. The average Bonchev–Trinajstić information content (AvgIpc) is 3.14. The second-order valence-corrected chi connectivity index (χ2v) is 12.4. The number of halogens is 1. The zero-order chi connectivity index (χ0) is 27.9. The molecular formula is C30H42FN5O3. The Morgan fingerprint density at radius 1 is 1.13 bits per heavy atom. The van der Waals surface area contributed by atoms with Crippen LogP contribution in [0.25, 0.3) is 0 Å². The maximum atomic E-state index is 13.9. The number of aromatic nitrogens is 1. The second kappa shape index (κ2) is 11.1. The molecule has 3 aliphatic heterocycles. The van der Waals surface area contributed by atoms with Crippen molar-refractivity contribution in [1.29, 1.82) is 0 Å². The zero-order valence-electron chi connectivity index (χ0n) is 23.8. The average molecular weight is 540 g/mol. The lowest BCUT2D eigenvalue weighted by atomic mass is 9.91. The van der Waals surface area contributed by atoms with E-state index in [1.54, 1.807) is 12.1 Å². The van der Waals surface area contributed by atoms with Crippen molar-refractivity contribution in [3.8, 4) is 0 Å². The van der Waals surface area contributed by atoms with Crippen molar-refractivity contribution >= 4 is 11.6 Å². The van der Waals surface area contributed by atoms with Crippen molar-refractivity contribution in [3.05, 3.63) is 63.3 Å². The summed E-state index contributed by atoms with van der Waals surface area (Å²) in [6.45, 7) is 15.5. The largest absolute Gasteiger partial charge is 0.378 e. The maximum absolute atomic E-state index is 13.9. The number of hydrogen-bond acceptors (Lipinski definition) is 6. The van der Waals surface area contributed by atoms with Crippen LogP contribution in [0.2, 0.25) is 0 Å². The molecule has 2 fully saturated rings. The third-order valence-corrected chi connectivity index (χ3v) is 8.56.